The summed E-state index contributed by atoms with van der Waals surface area (Å²) in [6, 6.07) is 4.57. The van der Waals surface area contributed by atoms with Crippen molar-refractivity contribution in [2.24, 2.45) is 0 Å². The molecular formula is C15H13BrFNOS. The smallest absolute Gasteiger partial charge is 0.134 e. The summed E-state index contributed by atoms with van der Waals surface area (Å²) in [5.41, 5.74) is 2.81. The highest BCUT2D eigenvalue weighted by molar-refractivity contribution is 9.10. The van der Waals surface area contributed by atoms with Gasteiger partial charge in [-0.1, -0.05) is 0 Å². The Kier molecular flexibility index (Phi) is 3.67. The molecule has 104 valence electrons. The molecule has 0 saturated heterocycles. The molecule has 0 saturated carbocycles. The Labute approximate surface area is 128 Å². The molecule has 0 aliphatic rings. The van der Waals surface area contributed by atoms with Crippen LogP contribution in [0.4, 0.5) is 4.39 Å². The minimum Gasteiger partial charge on any atom is -0.459 e. The van der Waals surface area contributed by atoms with Crippen molar-refractivity contribution < 1.29 is 8.81 Å². The van der Waals surface area contributed by atoms with Crippen molar-refractivity contribution in [3.8, 4) is 0 Å². The standard InChI is InChI=1S/C15H13BrFNOS/c1-8-10-5-9(17)3-4-13(10)19-15(8)14(18-2)11-6-20-7-12(11)16/h3-7,14,18H,1-2H3. The monoisotopic (exact) mass is 353 g/mol. The number of hydrogen-bond donors (Lipinski definition) is 1. The van der Waals surface area contributed by atoms with E-state index in [9.17, 15) is 4.39 Å². The zero-order valence-electron chi connectivity index (χ0n) is 11.0. The third-order valence-electron chi connectivity index (χ3n) is 3.44. The van der Waals surface area contributed by atoms with E-state index in [0.29, 0.717) is 5.58 Å². The Hall–Kier alpha value is -1.17. The summed E-state index contributed by atoms with van der Waals surface area (Å²) in [4.78, 5) is 0. The van der Waals surface area contributed by atoms with Crippen LogP contribution in [-0.2, 0) is 0 Å². The fourth-order valence-electron chi connectivity index (χ4n) is 2.41. The van der Waals surface area contributed by atoms with Crippen LogP contribution in [0.25, 0.3) is 11.0 Å². The summed E-state index contributed by atoms with van der Waals surface area (Å²) in [5.74, 6) is 0.581. The number of fused-ring (bicyclic) bond motifs is 1. The van der Waals surface area contributed by atoms with Gasteiger partial charge in [-0.2, -0.15) is 11.3 Å². The number of halogens is 2. The Morgan fingerprint density at radius 2 is 2.15 bits per heavy atom. The second-order valence-electron chi connectivity index (χ2n) is 4.63. The van der Waals surface area contributed by atoms with Gasteiger partial charge < -0.3 is 9.73 Å². The second kappa shape index (κ2) is 5.31. The predicted molar refractivity (Wildman–Crippen MR) is 83.8 cm³/mol. The van der Waals surface area contributed by atoms with E-state index >= 15 is 0 Å². The Bertz CT molecular complexity index is 764. The van der Waals surface area contributed by atoms with Gasteiger partial charge in [-0.25, -0.2) is 4.39 Å². The lowest BCUT2D eigenvalue weighted by Gasteiger charge is -2.14. The highest BCUT2D eigenvalue weighted by atomic mass is 79.9. The SMILES string of the molecule is CNC(c1cscc1Br)c1oc2ccc(F)cc2c1C. The van der Waals surface area contributed by atoms with E-state index in [4.69, 9.17) is 4.42 Å². The normalized spacial score (nSPS) is 13.0. The lowest BCUT2D eigenvalue weighted by atomic mass is 10.0. The number of nitrogens with one attached hydrogen (secondary N) is 1. The number of rotatable bonds is 3. The van der Waals surface area contributed by atoms with Gasteiger partial charge in [-0.15, -0.1) is 0 Å². The average molecular weight is 354 g/mol. The molecule has 5 heteroatoms. The first-order chi connectivity index (χ1) is 9.61. The second-order valence-corrected chi connectivity index (χ2v) is 6.23. The van der Waals surface area contributed by atoms with Crippen molar-refractivity contribution in [2.75, 3.05) is 7.05 Å². The number of hydrogen-bond acceptors (Lipinski definition) is 3. The highest BCUT2D eigenvalue weighted by Gasteiger charge is 2.23. The molecule has 2 heterocycles. The quantitative estimate of drug-likeness (QED) is 0.715. The average Bonchev–Trinajstić information content (AvgIpc) is 2.98. The molecule has 0 spiro atoms. The summed E-state index contributed by atoms with van der Waals surface area (Å²) >= 11 is 5.18. The van der Waals surface area contributed by atoms with Crippen molar-refractivity contribution in [1.82, 2.24) is 5.32 Å². The zero-order valence-corrected chi connectivity index (χ0v) is 13.4. The fourth-order valence-corrected chi connectivity index (χ4v) is 3.96. The summed E-state index contributed by atoms with van der Waals surface area (Å²) in [6.45, 7) is 1.96. The van der Waals surface area contributed by atoms with Gasteiger partial charge >= 0.3 is 0 Å². The number of furan rings is 1. The summed E-state index contributed by atoms with van der Waals surface area (Å²) in [7, 11) is 1.89. The van der Waals surface area contributed by atoms with Crippen molar-refractivity contribution >= 4 is 38.2 Å². The van der Waals surface area contributed by atoms with Crippen LogP contribution in [0.2, 0.25) is 0 Å². The van der Waals surface area contributed by atoms with Gasteiger partial charge in [-0.05, 0) is 53.5 Å². The molecule has 2 aromatic heterocycles. The van der Waals surface area contributed by atoms with Crippen LogP contribution in [0.5, 0.6) is 0 Å². The molecule has 1 atom stereocenters. The van der Waals surface area contributed by atoms with Gasteiger partial charge in [0.1, 0.15) is 17.2 Å². The molecule has 2 nitrogen and oxygen atoms in total. The van der Waals surface area contributed by atoms with Gasteiger partial charge in [-0.3, -0.25) is 0 Å². The lowest BCUT2D eigenvalue weighted by molar-refractivity contribution is 0.487. The van der Waals surface area contributed by atoms with Crippen molar-refractivity contribution in [3.05, 3.63) is 56.1 Å². The van der Waals surface area contributed by atoms with Crippen molar-refractivity contribution in [2.45, 2.75) is 13.0 Å². The maximum atomic E-state index is 13.4. The van der Waals surface area contributed by atoms with E-state index in [0.717, 1.165) is 26.7 Å². The molecule has 1 N–H and O–H groups in total. The highest BCUT2D eigenvalue weighted by Crippen LogP contribution is 2.36. The molecule has 0 bridgehead atoms. The Morgan fingerprint density at radius 1 is 1.35 bits per heavy atom. The molecule has 0 radical (unpaired) electrons. The molecule has 0 aliphatic carbocycles. The minimum absolute atomic E-state index is 0.0499. The Balaban J connectivity index is 2.18. The minimum atomic E-state index is -0.245. The van der Waals surface area contributed by atoms with Gasteiger partial charge in [0.05, 0.1) is 6.04 Å². The molecule has 20 heavy (non-hydrogen) atoms. The van der Waals surface area contributed by atoms with Crippen molar-refractivity contribution in [3.63, 3.8) is 0 Å². The molecule has 1 unspecified atom stereocenters. The number of thiophene rings is 1. The Morgan fingerprint density at radius 3 is 2.80 bits per heavy atom. The topological polar surface area (TPSA) is 25.2 Å². The first kappa shape index (κ1) is 13.8. The van der Waals surface area contributed by atoms with Gasteiger partial charge in [0.15, 0.2) is 0 Å². The van der Waals surface area contributed by atoms with Crippen LogP contribution in [0.1, 0.15) is 22.9 Å². The molecule has 3 aromatic rings. The van der Waals surface area contributed by atoms with Crippen molar-refractivity contribution in [1.29, 1.82) is 0 Å². The fraction of sp³-hybridized carbons (Fsp3) is 0.200. The third kappa shape index (κ3) is 2.20. The summed E-state index contributed by atoms with van der Waals surface area (Å²) < 4.78 is 20.4. The predicted octanol–water partition coefficient (Wildman–Crippen LogP) is 5.01. The van der Waals surface area contributed by atoms with E-state index in [-0.39, 0.29) is 11.9 Å². The van der Waals surface area contributed by atoms with Gasteiger partial charge in [0.25, 0.3) is 0 Å². The van der Waals surface area contributed by atoms with Gasteiger partial charge in [0.2, 0.25) is 0 Å². The molecular weight excluding hydrogens is 341 g/mol. The van der Waals surface area contributed by atoms with E-state index in [2.05, 4.69) is 26.6 Å². The van der Waals surface area contributed by atoms with Crippen LogP contribution >= 0.6 is 27.3 Å². The van der Waals surface area contributed by atoms with Crippen LogP contribution in [0, 0.1) is 12.7 Å². The van der Waals surface area contributed by atoms with Gasteiger partial charge in [0, 0.05) is 26.4 Å². The van der Waals surface area contributed by atoms with Crippen LogP contribution in [0.15, 0.2) is 37.8 Å². The van der Waals surface area contributed by atoms with Crippen LogP contribution < -0.4 is 5.32 Å². The maximum Gasteiger partial charge on any atom is 0.134 e. The largest absolute Gasteiger partial charge is 0.459 e. The molecule has 0 fully saturated rings. The molecule has 1 aromatic carbocycles. The summed E-state index contributed by atoms with van der Waals surface area (Å²) in [5, 5.41) is 8.21. The van der Waals surface area contributed by atoms with E-state index < -0.39 is 0 Å². The van der Waals surface area contributed by atoms with Crippen LogP contribution in [0.3, 0.4) is 0 Å². The maximum absolute atomic E-state index is 13.4. The first-order valence-corrected chi connectivity index (χ1v) is 7.92. The van der Waals surface area contributed by atoms with E-state index in [1.807, 2.05) is 19.4 Å². The number of benzene rings is 1. The molecule has 3 rings (SSSR count). The number of aryl methyl sites for hydroxylation is 1. The van der Waals surface area contributed by atoms with E-state index in [1.54, 1.807) is 17.4 Å². The molecule has 0 aliphatic heterocycles. The first-order valence-electron chi connectivity index (χ1n) is 6.19. The summed E-state index contributed by atoms with van der Waals surface area (Å²) in [6.07, 6.45) is 0. The zero-order chi connectivity index (χ0) is 14.3. The molecule has 0 amide bonds. The van der Waals surface area contributed by atoms with Crippen LogP contribution in [-0.4, -0.2) is 7.05 Å². The third-order valence-corrected chi connectivity index (χ3v) is 5.19. The van der Waals surface area contributed by atoms with E-state index in [1.165, 1.54) is 12.1 Å². The lowest BCUT2D eigenvalue weighted by Crippen LogP contribution is -2.17.